The second-order valence-electron chi connectivity index (χ2n) is 5.34. The molecule has 2 heterocycles. The van der Waals surface area contributed by atoms with Gasteiger partial charge in [0.1, 0.15) is 5.82 Å². The Hall–Kier alpha value is -1.13. The first-order valence-electron chi connectivity index (χ1n) is 6.65. The molecular formula is C14H23N3O. The molecule has 0 spiro atoms. The van der Waals surface area contributed by atoms with Gasteiger partial charge in [-0.25, -0.2) is 4.98 Å². The molecule has 0 aliphatic carbocycles. The van der Waals surface area contributed by atoms with Crippen LogP contribution in [0, 0.1) is 5.92 Å². The SMILES string of the molecule is CN(C)CC1CCN(c2cccc(CO)n2)CC1. The van der Waals surface area contributed by atoms with E-state index in [4.69, 9.17) is 5.11 Å². The van der Waals surface area contributed by atoms with Crippen molar-refractivity contribution in [2.45, 2.75) is 19.4 Å². The number of aliphatic hydroxyl groups is 1. The fraction of sp³-hybridized carbons (Fsp3) is 0.643. The molecule has 2 rings (SSSR count). The first-order valence-corrected chi connectivity index (χ1v) is 6.65. The summed E-state index contributed by atoms with van der Waals surface area (Å²) in [6.07, 6.45) is 2.45. The van der Waals surface area contributed by atoms with Gasteiger partial charge in [0.05, 0.1) is 12.3 Å². The Morgan fingerprint density at radius 1 is 1.33 bits per heavy atom. The fourth-order valence-electron chi connectivity index (χ4n) is 2.59. The fourth-order valence-corrected chi connectivity index (χ4v) is 2.59. The van der Waals surface area contributed by atoms with Crippen LogP contribution < -0.4 is 4.90 Å². The van der Waals surface area contributed by atoms with E-state index in [1.165, 1.54) is 19.4 Å². The van der Waals surface area contributed by atoms with Crippen LogP contribution in [0.25, 0.3) is 0 Å². The zero-order valence-corrected chi connectivity index (χ0v) is 11.3. The Bertz CT molecular complexity index is 373. The van der Waals surface area contributed by atoms with E-state index < -0.39 is 0 Å². The summed E-state index contributed by atoms with van der Waals surface area (Å²) in [5.41, 5.74) is 0.753. The molecule has 100 valence electrons. The standard InChI is InChI=1S/C14H23N3O/c1-16(2)10-12-6-8-17(9-7-12)14-5-3-4-13(11-18)15-14/h3-5,12,18H,6-11H2,1-2H3. The number of aliphatic hydroxyl groups excluding tert-OH is 1. The number of rotatable bonds is 4. The Balaban J connectivity index is 1.92. The summed E-state index contributed by atoms with van der Waals surface area (Å²) in [5.74, 6) is 1.81. The molecule has 1 saturated heterocycles. The molecule has 1 aliphatic rings. The molecule has 0 saturated carbocycles. The molecule has 0 unspecified atom stereocenters. The first kappa shape index (κ1) is 13.3. The lowest BCUT2D eigenvalue weighted by Gasteiger charge is -2.34. The summed E-state index contributed by atoms with van der Waals surface area (Å²) in [6, 6.07) is 5.87. The second-order valence-corrected chi connectivity index (χ2v) is 5.34. The van der Waals surface area contributed by atoms with Gasteiger partial charge in [-0.15, -0.1) is 0 Å². The van der Waals surface area contributed by atoms with Crippen molar-refractivity contribution in [3.63, 3.8) is 0 Å². The average Bonchev–Trinajstić information content (AvgIpc) is 2.39. The van der Waals surface area contributed by atoms with Gasteiger partial charge < -0.3 is 14.9 Å². The zero-order chi connectivity index (χ0) is 13.0. The maximum Gasteiger partial charge on any atom is 0.128 e. The van der Waals surface area contributed by atoms with E-state index in [0.717, 1.165) is 30.5 Å². The van der Waals surface area contributed by atoms with Crippen LogP contribution in [0.1, 0.15) is 18.5 Å². The molecule has 4 heteroatoms. The van der Waals surface area contributed by atoms with E-state index in [-0.39, 0.29) is 6.61 Å². The highest BCUT2D eigenvalue weighted by atomic mass is 16.3. The van der Waals surface area contributed by atoms with Crippen LogP contribution in [0.5, 0.6) is 0 Å². The van der Waals surface area contributed by atoms with Crippen LogP contribution in [0.4, 0.5) is 5.82 Å². The molecule has 0 amide bonds. The number of piperidine rings is 1. The topological polar surface area (TPSA) is 39.6 Å². The summed E-state index contributed by atoms with van der Waals surface area (Å²) in [6.45, 7) is 3.34. The molecule has 4 nitrogen and oxygen atoms in total. The van der Waals surface area contributed by atoms with E-state index >= 15 is 0 Å². The Morgan fingerprint density at radius 3 is 2.67 bits per heavy atom. The molecule has 0 atom stereocenters. The van der Waals surface area contributed by atoms with Crippen LogP contribution >= 0.6 is 0 Å². The van der Waals surface area contributed by atoms with E-state index in [1.54, 1.807) is 0 Å². The van der Waals surface area contributed by atoms with Gasteiger partial charge in [0, 0.05) is 19.6 Å². The van der Waals surface area contributed by atoms with Crippen molar-refractivity contribution in [3.8, 4) is 0 Å². The van der Waals surface area contributed by atoms with E-state index in [2.05, 4.69) is 28.9 Å². The predicted molar refractivity (Wildman–Crippen MR) is 73.7 cm³/mol. The number of hydrogen-bond donors (Lipinski definition) is 1. The lowest BCUT2D eigenvalue weighted by molar-refractivity contribution is 0.275. The molecule has 18 heavy (non-hydrogen) atoms. The summed E-state index contributed by atoms with van der Waals surface area (Å²) in [5, 5.41) is 9.12. The van der Waals surface area contributed by atoms with E-state index in [0.29, 0.717) is 0 Å². The first-order chi connectivity index (χ1) is 8.69. The third kappa shape index (κ3) is 3.43. The second kappa shape index (κ2) is 6.16. The van der Waals surface area contributed by atoms with Crippen molar-refractivity contribution >= 4 is 5.82 Å². The highest BCUT2D eigenvalue weighted by molar-refractivity contribution is 5.39. The molecule has 1 aromatic rings. The number of hydrogen-bond acceptors (Lipinski definition) is 4. The minimum absolute atomic E-state index is 0.0188. The predicted octanol–water partition coefficient (Wildman–Crippen LogP) is 1.35. The van der Waals surface area contributed by atoms with Gasteiger partial charge in [-0.1, -0.05) is 6.07 Å². The van der Waals surface area contributed by atoms with Crippen molar-refractivity contribution in [2.24, 2.45) is 5.92 Å². The quantitative estimate of drug-likeness (QED) is 0.874. The summed E-state index contributed by atoms with van der Waals surface area (Å²) in [4.78, 5) is 9.06. The smallest absolute Gasteiger partial charge is 0.128 e. The molecule has 0 radical (unpaired) electrons. The van der Waals surface area contributed by atoms with E-state index in [1.807, 2.05) is 18.2 Å². The lowest BCUT2D eigenvalue weighted by atomic mass is 9.96. The monoisotopic (exact) mass is 249 g/mol. The summed E-state index contributed by atoms with van der Waals surface area (Å²) in [7, 11) is 4.28. The number of aromatic nitrogens is 1. The normalized spacial score (nSPS) is 17.4. The minimum atomic E-state index is 0.0188. The minimum Gasteiger partial charge on any atom is -0.390 e. The van der Waals surface area contributed by atoms with Crippen LogP contribution in [0.15, 0.2) is 18.2 Å². The van der Waals surface area contributed by atoms with Gasteiger partial charge in [-0.05, 0) is 45.0 Å². The van der Waals surface area contributed by atoms with Crippen LogP contribution in [0.2, 0.25) is 0 Å². The Morgan fingerprint density at radius 2 is 2.06 bits per heavy atom. The Kier molecular flexibility index (Phi) is 4.55. The molecule has 0 bridgehead atoms. The molecule has 1 aliphatic heterocycles. The zero-order valence-electron chi connectivity index (χ0n) is 11.3. The Labute approximate surface area is 109 Å². The van der Waals surface area contributed by atoms with E-state index in [9.17, 15) is 0 Å². The highest BCUT2D eigenvalue weighted by Crippen LogP contribution is 2.22. The van der Waals surface area contributed by atoms with Gasteiger partial charge in [-0.3, -0.25) is 0 Å². The van der Waals surface area contributed by atoms with Crippen LogP contribution in [0.3, 0.4) is 0 Å². The maximum absolute atomic E-state index is 9.12. The van der Waals surface area contributed by atoms with Crippen molar-refractivity contribution in [1.82, 2.24) is 9.88 Å². The number of anilines is 1. The van der Waals surface area contributed by atoms with Crippen LogP contribution in [-0.2, 0) is 6.61 Å². The van der Waals surface area contributed by atoms with Crippen molar-refractivity contribution in [3.05, 3.63) is 23.9 Å². The molecule has 1 fully saturated rings. The van der Waals surface area contributed by atoms with Crippen LogP contribution in [-0.4, -0.2) is 48.7 Å². The summed E-state index contributed by atoms with van der Waals surface area (Å²) >= 11 is 0. The molecule has 0 aromatic carbocycles. The maximum atomic E-state index is 9.12. The van der Waals surface area contributed by atoms with Gasteiger partial charge >= 0.3 is 0 Å². The summed E-state index contributed by atoms with van der Waals surface area (Å²) < 4.78 is 0. The lowest BCUT2D eigenvalue weighted by Crippen LogP contribution is -2.37. The number of nitrogens with zero attached hydrogens (tertiary/aromatic N) is 3. The molecule has 1 aromatic heterocycles. The van der Waals surface area contributed by atoms with Crippen molar-refractivity contribution in [1.29, 1.82) is 0 Å². The van der Waals surface area contributed by atoms with Gasteiger partial charge in [-0.2, -0.15) is 0 Å². The van der Waals surface area contributed by atoms with Gasteiger partial charge in [0.2, 0.25) is 0 Å². The largest absolute Gasteiger partial charge is 0.390 e. The van der Waals surface area contributed by atoms with Gasteiger partial charge in [0.25, 0.3) is 0 Å². The molecular weight excluding hydrogens is 226 g/mol. The third-order valence-corrected chi connectivity index (χ3v) is 3.52. The van der Waals surface area contributed by atoms with Gasteiger partial charge in [0.15, 0.2) is 0 Å². The third-order valence-electron chi connectivity index (χ3n) is 3.52. The van der Waals surface area contributed by atoms with Crippen molar-refractivity contribution < 1.29 is 5.11 Å². The van der Waals surface area contributed by atoms with Crippen molar-refractivity contribution in [2.75, 3.05) is 38.6 Å². The highest BCUT2D eigenvalue weighted by Gasteiger charge is 2.20. The average molecular weight is 249 g/mol. The molecule has 1 N–H and O–H groups in total. The number of pyridine rings is 1.